The number of hydrogen-bond acceptors (Lipinski definition) is 3. The van der Waals surface area contributed by atoms with Gasteiger partial charge in [-0.05, 0) is 43.5 Å². The number of hydrogen-bond donors (Lipinski definition) is 2. The van der Waals surface area contributed by atoms with E-state index in [-0.39, 0.29) is 0 Å². The summed E-state index contributed by atoms with van der Waals surface area (Å²) in [5, 5.41) is 5.85. The fourth-order valence-electron chi connectivity index (χ4n) is 3.02. The van der Waals surface area contributed by atoms with Crippen LogP contribution in [0.15, 0.2) is 24.4 Å². The van der Waals surface area contributed by atoms with Gasteiger partial charge in [-0.15, -0.1) is 0 Å². The fourth-order valence-corrected chi connectivity index (χ4v) is 3.02. The van der Waals surface area contributed by atoms with Crippen LogP contribution in [0, 0.1) is 6.92 Å². The fraction of sp³-hybridized carbons (Fsp3) is 0.438. The zero-order valence-electron chi connectivity index (χ0n) is 11.4. The lowest BCUT2D eigenvalue weighted by Crippen LogP contribution is -2.22. The van der Waals surface area contributed by atoms with Crippen molar-refractivity contribution in [3.63, 3.8) is 0 Å². The summed E-state index contributed by atoms with van der Waals surface area (Å²) in [6, 6.07) is 6.75. The highest BCUT2D eigenvalue weighted by Gasteiger charge is 2.15. The van der Waals surface area contributed by atoms with E-state index in [0.717, 1.165) is 22.3 Å². The number of aryl methyl sites for hydroxylation is 1. The van der Waals surface area contributed by atoms with Crippen LogP contribution in [0.3, 0.4) is 0 Å². The quantitative estimate of drug-likeness (QED) is 0.801. The average molecular weight is 255 g/mol. The van der Waals surface area contributed by atoms with Gasteiger partial charge >= 0.3 is 0 Å². The lowest BCUT2D eigenvalue weighted by Gasteiger charge is -2.24. The van der Waals surface area contributed by atoms with E-state index >= 15 is 0 Å². The molecule has 3 heteroatoms. The van der Waals surface area contributed by atoms with Crippen molar-refractivity contribution in [2.45, 2.75) is 45.1 Å². The molecule has 0 spiro atoms. The molecule has 0 radical (unpaired) electrons. The smallest absolute Gasteiger partial charge is 0.134 e. The number of anilines is 2. The zero-order chi connectivity index (χ0) is 13.2. The van der Waals surface area contributed by atoms with Gasteiger partial charge < -0.3 is 11.1 Å². The third-order valence-electron chi connectivity index (χ3n) is 4.00. The van der Waals surface area contributed by atoms with Crippen LogP contribution < -0.4 is 11.1 Å². The van der Waals surface area contributed by atoms with Gasteiger partial charge in [0, 0.05) is 28.7 Å². The molecule has 3 nitrogen and oxygen atoms in total. The summed E-state index contributed by atoms with van der Waals surface area (Å²) in [4.78, 5) is 4.52. The Morgan fingerprint density at radius 3 is 2.74 bits per heavy atom. The van der Waals surface area contributed by atoms with Gasteiger partial charge in [0.25, 0.3) is 0 Å². The van der Waals surface area contributed by atoms with Gasteiger partial charge in [-0.3, -0.25) is 0 Å². The van der Waals surface area contributed by atoms with Crippen molar-refractivity contribution in [3.05, 3.63) is 30.0 Å². The predicted molar refractivity (Wildman–Crippen MR) is 81.4 cm³/mol. The van der Waals surface area contributed by atoms with E-state index in [0.29, 0.717) is 6.04 Å². The lowest BCUT2D eigenvalue weighted by molar-refractivity contribution is 0.462. The second-order valence-electron chi connectivity index (χ2n) is 5.59. The van der Waals surface area contributed by atoms with Crippen LogP contribution in [0.4, 0.5) is 11.5 Å². The minimum Gasteiger partial charge on any atom is -0.398 e. The van der Waals surface area contributed by atoms with Crippen molar-refractivity contribution in [2.75, 3.05) is 11.1 Å². The van der Waals surface area contributed by atoms with Gasteiger partial charge in [0.1, 0.15) is 5.82 Å². The number of nitrogens with two attached hydrogens (primary N) is 1. The van der Waals surface area contributed by atoms with Crippen molar-refractivity contribution in [1.82, 2.24) is 4.98 Å². The molecule has 0 aliphatic heterocycles. The predicted octanol–water partition coefficient (Wildman–Crippen LogP) is 3.87. The number of nitrogen functional groups attached to an aromatic ring is 1. The molecular formula is C16H21N3. The summed E-state index contributed by atoms with van der Waals surface area (Å²) < 4.78 is 0. The summed E-state index contributed by atoms with van der Waals surface area (Å²) in [5.74, 6) is 0.986. The Labute approximate surface area is 114 Å². The normalized spacial score (nSPS) is 16.7. The second-order valence-corrected chi connectivity index (χ2v) is 5.59. The van der Waals surface area contributed by atoms with Crippen molar-refractivity contribution in [2.24, 2.45) is 0 Å². The molecule has 1 fully saturated rings. The minimum absolute atomic E-state index is 0.564. The monoisotopic (exact) mass is 255 g/mol. The summed E-state index contributed by atoms with van der Waals surface area (Å²) in [6.07, 6.45) is 8.36. The third-order valence-corrected chi connectivity index (χ3v) is 4.00. The number of aromatic nitrogens is 1. The first-order chi connectivity index (χ1) is 9.24. The molecule has 0 atom stereocenters. The molecule has 1 aliphatic carbocycles. The second kappa shape index (κ2) is 5.08. The van der Waals surface area contributed by atoms with Crippen LogP contribution in [-0.2, 0) is 0 Å². The SMILES string of the molecule is Cc1cc(N)c2ccnc(NC3CCCCC3)c2c1. The van der Waals surface area contributed by atoms with Crippen molar-refractivity contribution >= 4 is 22.3 Å². The van der Waals surface area contributed by atoms with E-state index in [1.807, 2.05) is 18.3 Å². The van der Waals surface area contributed by atoms with Crippen molar-refractivity contribution in [1.29, 1.82) is 0 Å². The van der Waals surface area contributed by atoms with Crippen LogP contribution in [-0.4, -0.2) is 11.0 Å². The molecule has 19 heavy (non-hydrogen) atoms. The van der Waals surface area contributed by atoms with Gasteiger partial charge in [-0.2, -0.15) is 0 Å². The van der Waals surface area contributed by atoms with Crippen LogP contribution >= 0.6 is 0 Å². The van der Waals surface area contributed by atoms with Gasteiger partial charge in [-0.1, -0.05) is 19.3 Å². The molecule has 3 rings (SSSR count). The molecule has 2 aromatic rings. The topological polar surface area (TPSA) is 50.9 Å². The maximum Gasteiger partial charge on any atom is 0.134 e. The number of benzene rings is 1. The standard InChI is InChI=1S/C16H21N3/c1-11-9-14-13(15(17)10-11)7-8-18-16(14)19-12-5-3-2-4-6-12/h7-10,12H,2-6,17H2,1H3,(H,18,19). The molecule has 1 aromatic heterocycles. The molecule has 1 saturated carbocycles. The molecule has 100 valence electrons. The first kappa shape index (κ1) is 12.3. The van der Waals surface area contributed by atoms with Crippen LogP contribution in [0.2, 0.25) is 0 Å². The van der Waals surface area contributed by atoms with E-state index in [1.165, 1.54) is 37.7 Å². The molecule has 0 amide bonds. The molecule has 0 bridgehead atoms. The van der Waals surface area contributed by atoms with Crippen molar-refractivity contribution < 1.29 is 0 Å². The van der Waals surface area contributed by atoms with E-state index in [1.54, 1.807) is 0 Å². The highest BCUT2D eigenvalue weighted by atomic mass is 15.0. The Bertz CT molecular complexity index is 586. The summed E-state index contributed by atoms with van der Waals surface area (Å²) in [5.41, 5.74) is 8.13. The van der Waals surface area contributed by atoms with E-state index < -0.39 is 0 Å². The Morgan fingerprint density at radius 2 is 1.95 bits per heavy atom. The van der Waals surface area contributed by atoms with E-state index in [4.69, 9.17) is 5.73 Å². The molecule has 3 N–H and O–H groups in total. The van der Waals surface area contributed by atoms with Crippen molar-refractivity contribution in [3.8, 4) is 0 Å². The first-order valence-corrected chi connectivity index (χ1v) is 7.15. The molecular weight excluding hydrogens is 234 g/mol. The molecule has 1 aliphatic rings. The van der Waals surface area contributed by atoms with Gasteiger partial charge in [-0.25, -0.2) is 4.98 Å². The Morgan fingerprint density at radius 1 is 1.16 bits per heavy atom. The minimum atomic E-state index is 0.564. The Kier molecular flexibility index (Phi) is 3.28. The van der Waals surface area contributed by atoms with Gasteiger partial charge in [0.15, 0.2) is 0 Å². The average Bonchev–Trinajstić information content (AvgIpc) is 2.41. The summed E-state index contributed by atoms with van der Waals surface area (Å²) >= 11 is 0. The number of pyridine rings is 1. The van der Waals surface area contributed by atoms with Crippen LogP contribution in [0.5, 0.6) is 0 Å². The largest absolute Gasteiger partial charge is 0.398 e. The number of nitrogens with zero attached hydrogens (tertiary/aromatic N) is 1. The Hall–Kier alpha value is -1.77. The first-order valence-electron chi connectivity index (χ1n) is 7.15. The maximum absolute atomic E-state index is 6.10. The lowest BCUT2D eigenvalue weighted by atomic mass is 9.95. The van der Waals surface area contributed by atoms with Crippen LogP contribution in [0.1, 0.15) is 37.7 Å². The number of rotatable bonds is 2. The van der Waals surface area contributed by atoms with Crippen LogP contribution in [0.25, 0.3) is 10.8 Å². The Balaban J connectivity index is 1.98. The summed E-state index contributed by atoms with van der Waals surface area (Å²) in [6.45, 7) is 2.08. The number of nitrogens with one attached hydrogen (secondary N) is 1. The van der Waals surface area contributed by atoms with E-state index in [2.05, 4.69) is 23.3 Å². The van der Waals surface area contributed by atoms with Gasteiger partial charge in [0.2, 0.25) is 0 Å². The third kappa shape index (κ3) is 2.50. The maximum atomic E-state index is 6.10. The summed E-state index contributed by atoms with van der Waals surface area (Å²) in [7, 11) is 0. The highest BCUT2D eigenvalue weighted by molar-refractivity contribution is 5.99. The molecule has 0 saturated heterocycles. The zero-order valence-corrected chi connectivity index (χ0v) is 11.4. The van der Waals surface area contributed by atoms with Gasteiger partial charge in [0.05, 0.1) is 0 Å². The molecule has 0 unspecified atom stereocenters. The van der Waals surface area contributed by atoms with E-state index in [9.17, 15) is 0 Å². The number of fused-ring (bicyclic) bond motifs is 1. The molecule has 1 aromatic carbocycles. The highest BCUT2D eigenvalue weighted by Crippen LogP contribution is 2.29. The molecule has 1 heterocycles.